The van der Waals surface area contributed by atoms with Crippen molar-refractivity contribution in [2.45, 2.75) is 51.4 Å². The van der Waals surface area contributed by atoms with E-state index >= 15 is 0 Å². The molecule has 4 heteroatoms. The molecule has 0 saturated carbocycles. The molecule has 0 aromatic carbocycles. The topological polar surface area (TPSA) is 50.1 Å². The molecule has 0 atom stereocenters. The van der Waals surface area contributed by atoms with Crippen molar-refractivity contribution in [3.8, 4) is 5.40 Å². The molecule has 92 valence electrons. The minimum atomic E-state index is -0.103. The molecule has 0 aromatic rings. The van der Waals surface area contributed by atoms with Gasteiger partial charge in [-0.1, -0.05) is 32.1 Å². The zero-order valence-electron chi connectivity index (χ0n) is 10.0. The number of thiocyanates is 1. The first-order valence-electron chi connectivity index (χ1n) is 5.89. The predicted octanol–water partition coefficient (Wildman–Crippen LogP) is 3.49. The van der Waals surface area contributed by atoms with Crippen LogP contribution in [-0.4, -0.2) is 18.8 Å². The van der Waals surface area contributed by atoms with Crippen LogP contribution in [0.4, 0.5) is 0 Å². The lowest BCUT2D eigenvalue weighted by atomic mass is 10.1. The van der Waals surface area contributed by atoms with Crippen molar-refractivity contribution in [1.29, 1.82) is 5.26 Å². The van der Waals surface area contributed by atoms with Gasteiger partial charge in [-0.2, -0.15) is 5.26 Å². The Morgan fingerprint density at radius 2 is 1.69 bits per heavy atom. The third kappa shape index (κ3) is 11.4. The number of hydrogen-bond donors (Lipinski definition) is 0. The minimum absolute atomic E-state index is 0.103. The summed E-state index contributed by atoms with van der Waals surface area (Å²) in [5.41, 5.74) is 0. The molecule has 0 radical (unpaired) electrons. The van der Waals surface area contributed by atoms with E-state index in [2.05, 4.69) is 10.1 Å². The molecular formula is C12H21NO2S. The standard InChI is InChI=1S/C12H21NO2S/c1-15-12(14)9-7-5-3-2-4-6-8-10-16-11-13/h2-10H2,1H3. The van der Waals surface area contributed by atoms with Gasteiger partial charge in [0.25, 0.3) is 0 Å². The van der Waals surface area contributed by atoms with E-state index in [0.717, 1.165) is 25.0 Å². The molecule has 3 nitrogen and oxygen atoms in total. The average Bonchev–Trinajstić information content (AvgIpc) is 2.31. The number of thioether (sulfide) groups is 1. The fourth-order valence-corrected chi connectivity index (χ4v) is 1.91. The lowest BCUT2D eigenvalue weighted by molar-refractivity contribution is -0.140. The van der Waals surface area contributed by atoms with Crippen LogP contribution in [-0.2, 0) is 9.53 Å². The maximum absolute atomic E-state index is 10.8. The van der Waals surface area contributed by atoms with Gasteiger partial charge in [0.1, 0.15) is 5.40 Å². The maximum Gasteiger partial charge on any atom is 0.305 e. The van der Waals surface area contributed by atoms with Crippen molar-refractivity contribution in [3.63, 3.8) is 0 Å². The quantitative estimate of drug-likeness (QED) is 0.335. The highest BCUT2D eigenvalue weighted by Gasteiger charge is 1.98. The van der Waals surface area contributed by atoms with Crippen LogP contribution in [0.1, 0.15) is 51.4 Å². The summed E-state index contributed by atoms with van der Waals surface area (Å²) in [6.07, 6.45) is 8.63. The number of esters is 1. The number of nitrogens with zero attached hydrogens (tertiary/aromatic N) is 1. The Labute approximate surface area is 103 Å². The summed E-state index contributed by atoms with van der Waals surface area (Å²) in [6.45, 7) is 0. The molecule has 0 aromatic heterocycles. The molecular weight excluding hydrogens is 222 g/mol. The summed E-state index contributed by atoms with van der Waals surface area (Å²) in [6, 6.07) is 0. The van der Waals surface area contributed by atoms with E-state index in [1.165, 1.54) is 44.6 Å². The van der Waals surface area contributed by atoms with Crippen LogP contribution < -0.4 is 0 Å². The number of unbranched alkanes of at least 4 members (excludes halogenated alkanes) is 6. The third-order valence-electron chi connectivity index (χ3n) is 2.42. The molecule has 0 aliphatic rings. The van der Waals surface area contributed by atoms with Crippen LogP contribution in [0.15, 0.2) is 0 Å². The Morgan fingerprint density at radius 1 is 1.12 bits per heavy atom. The monoisotopic (exact) mass is 243 g/mol. The van der Waals surface area contributed by atoms with Crippen molar-refractivity contribution < 1.29 is 9.53 Å². The minimum Gasteiger partial charge on any atom is -0.469 e. The van der Waals surface area contributed by atoms with E-state index in [0.29, 0.717) is 6.42 Å². The molecule has 0 amide bonds. The van der Waals surface area contributed by atoms with Crippen LogP contribution in [0, 0.1) is 10.7 Å². The van der Waals surface area contributed by atoms with Gasteiger partial charge in [-0.05, 0) is 24.6 Å². The van der Waals surface area contributed by atoms with Gasteiger partial charge in [-0.15, -0.1) is 0 Å². The maximum atomic E-state index is 10.8. The van der Waals surface area contributed by atoms with Crippen molar-refractivity contribution >= 4 is 17.7 Å². The van der Waals surface area contributed by atoms with Crippen LogP contribution >= 0.6 is 11.8 Å². The van der Waals surface area contributed by atoms with Crippen LogP contribution in [0.2, 0.25) is 0 Å². The van der Waals surface area contributed by atoms with Gasteiger partial charge in [0.15, 0.2) is 0 Å². The van der Waals surface area contributed by atoms with Crippen molar-refractivity contribution in [1.82, 2.24) is 0 Å². The van der Waals surface area contributed by atoms with Gasteiger partial charge in [0.2, 0.25) is 0 Å². The second kappa shape index (κ2) is 12.4. The molecule has 0 N–H and O–H groups in total. The number of carbonyl (C=O) groups is 1. The molecule has 0 bridgehead atoms. The van der Waals surface area contributed by atoms with Gasteiger partial charge in [0.05, 0.1) is 7.11 Å². The fraction of sp³-hybridized carbons (Fsp3) is 0.833. The lowest BCUT2D eigenvalue weighted by Gasteiger charge is -2.01. The average molecular weight is 243 g/mol. The van der Waals surface area contributed by atoms with E-state index in [1.54, 1.807) is 0 Å². The highest BCUT2D eigenvalue weighted by atomic mass is 32.2. The van der Waals surface area contributed by atoms with Crippen molar-refractivity contribution in [2.75, 3.05) is 12.9 Å². The van der Waals surface area contributed by atoms with Gasteiger partial charge in [-0.3, -0.25) is 4.79 Å². The summed E-state index contributed by atoms with van der Waals surface area (Å²) in [5, 5.41) is 10.4. The number of hydrogen-bond acceptors (Lipinski definition) is 4. The highest BCUT2D eigenvalue weighted by Crippen LogP contribution is 2.10. The molecule has 0 rings (SSSR count). The van der Waals surface area contributed by atoms with E-state index in [1.807, 2.05) is 0 Å². The molecule has 0 spiro atoms. The lowest BCUT2D eigenvalue weighted by Crippen LogP contribution is -1.99. The number of ether oxygens (including phenoxy) is 1. The van der Waals surface area contributed by atoms with E-state index in [4.69, 9.17) is 5.26 Å². The highest BCUT2D eigenvalue weighted by molar-refractivity contribution is 8.03. The molecule has 16 heavy (non-hydrogen) atoms. The zero-order chi connectivity index (χ0) is 12.1. The number of carbonyl (C=O) groups excluding carboxylic acids is 1. The summed E-state index contributed by atoms with van der Waals surface area (Å²) in [4.78, 5) is 10.8. The fourth-order valence-electron chi connectivity index (χ4n) is 1.48. The largest absolute Gasteiger partial charge is 0.469 e. The third-order valence-corrected chi connectivity index (χ3v) is 3.04. The van der Waals surface area contributed by atoms with Crippen LogP contribution in [0.25, 0.3) is 0 Å². The van der Waals surface area contributed by atoms with Gasteiger partial charge < -0.3 is 4.74 Å². The Morgan fingerprint density at radius 3 is 2.25 bits per heavy atom. The van der Waals surface area contributed by atoms with Gasteiger partial charge in [0, 0.05) is 12.2 Å². The Balaban J connectivity index is 2.99. The molecule has 0 aliphatic carbocycles. The second-order valence-electron chi connectivity index (χ2n) is 3.74. The Bertz CT molecular complexity index is 214. The molecule has 0 heterocycles. The first-order valence-corrected chi connectivity index (χ1v) is 6.87. The molecule has 0 saturated heterocycles. The zero-order valence-corrected chi connectivity index (χ0v) is 10.9. The van der Waals surface area contributed by atoms with Crippen LogP contribution in [0.5, 0.6) is 0 Å². The SMILES string of the molecule is COC(=O)CCCCCCCCCSC#N. The summed E-state index contributed by atoms with van der Waals surface area (Å²) in [5.74, 6) is 0.854. The smallest absolute Gasteiger partial charge is 0.305 e. The first kappa shape index (κ1) is 15.3. The normalized spacial score (nSPS) is 9.75. The summed E-state index contributed by atoms with van der Waals surface area (Å²) < 4.78 is 4.57. The number of rotatable bonds is 10. The van der Waals surface area contributed by atoms with Crippen molar-refractivity contribution in [3.05, 3.63) is 0 Å². The Hall–Kier alpha value is -0.690. The molecule has 0 unspecified atom stereocenters. The molecule has 0 fully saturated rings. The summed E-state index contributed by atoms with van der Waals surface area (Å²) in [7, 11) is 1.43. The summed E-state index contributed by atoms with van der Waals surface area (Å²) >= 11 is 1.34. The first-order chi connectivity index (χ1) is 7.81. The number of methoxy groups -OCH3 is 1. The van der Waals surface area contributed by atoms with Crippen LogP contribution in [0.3, 0.4) is 0 Å². The van der Waals surface area contributed by atoms with Gasteiger partial charge in [-0.25, -0.2) is 0 Å². The van der Waals surface area contributed by atoms with Crippen molar-refractivity contribution in [2.24, 2.45) is 0 Å². The van der Waals surface area contributed by atoms with Gasteiger partial charge >= 0.3 is 5.97 Å². The van der Waals surface area contributed by atoms with E-state index in [9.17, 15) is 4.79 Å². The van der Waals surface area contributed by atoms with E-state index in [-0.39, 0.29) is 5.97 Å². The molecule has 0 aliphatic heterocycles. The van der Waals surface area contributed by atoms with E-state index < -0.39 is 0 Å². The number of nitriles is 1. The second-order valence-corrected chi connectivity index (χ2v) is 4.62. The Kier molecular flexibility index (Phi) is 11.8. The predicted molar refractivity (Wildman–Crippen MR) is 67.0 cm³/mol.